The maximum absolute atomic E-state index is 12.1. The van der Waals surface area contributed by atoms with E-state index in [0.717, 1.165) is 16.8 Å². The first-order valence-electron chi connectivity index (χ1n) is 6.98. The number of nitrogens with zero attached hydrogens (tertiary/aromatic N) is 3. The van der Waals surface area contributed by atoms with E-state index in [0.29, 0.717) is 28.5 Å². The second-order valence-corrected chi connectivity index (χ2v) is 6.39. The summed E-state index contributed by atoms with van der Waals surface area (Å²) in [6, 6.07) is 3.75. The van der Waals surface area contributed by atoms with Crippen LogP contribution in [0, 0.1) is 6.92 Å². The van der Waals surface area contributed by atoms with Gasteiger partial charge in [-0.3, -0.25) is 4.79 Å². The minimum atomic E-state index is -0.0814. The lowest BCUT2D eigenvalue weighted by Gasteiger charge is -2.09. The van der Waals surface area contributed by atoms with E-state index >= 15 is 0 Å². The van der Waals surface area contributed by atoms with Crippen molar-refractivity contribution in [2.75, 3.05) is 21.1 Å². The molecule has 0 bridgehead atoms. The molecule has 1 aliphatic heterocycles. The number of likely N-dealkylation sites (N-methyl/N-ethyl adjacent to an activating group) is 1. The van der Waals surface area contributed by atoms with Crippen molar-refractivity contribution in [3.63, 3.8) is 0 Å². The molecule has 0 unspecified atom stereocenters. The summed E-state index contributed by atoms with van der Waals surface area (Å²) >= 11 is 12.3. The zero-order valence-electron chi connectivity index (χ0n) is 13.2. The quantitative estimate of drug-likeness (QED) is 0.787. The van der Waals surface area contributed by atoms with Crippen LogP contribution in [0.25, 0.3) is 0 Å². The van der Waals surface area contributed by atoms with E-state index in [4.69, 9.17) is 23.2 Å². The van der Waals surface area contributed by atoms with Crippen molar-refractivity contribution in [2.24, 2.45) is 5.10 Å². The molecule has 1 aromatic rings. The highest BCUT2D eigenvalue weighted by molar-refractivity contribution is 6.35. The summed E-state index contributed by atoms with van der Waals surface area (Å²) in [5.41, 5.74) is 3.42. The van der Waals surface area contributed by atoms with Crippen LogP contribution in [-0.4, -0.2) is 42.7 Å². The van der Waals surface area contributed by atoms with Crippen LogP contribution in [0.3, 0.4) is 0 Å². The van der Waals surface area contributed by atoms with Crippen molar-refractivity contribution >= 4 is 34.8 Å². The van der Waals surface area contributed by atoms with Gasteiger partial charge in [0.05, 0.1) is 11.3 Å². The highest BCUT2D eigenvalue weighted by Gasteiger charge is 2.27. The lowest BCUT2D eigenvalue weighted by Crippen LogP contribution is -2.19. The standard InChI is InChI=1S/C16H19Cl2N3O/c1-10-7-11(14(18)8-13(10)17)5-6-15-12(9-20(2)3)16(22)21(4)19-15/h7-9H,5-6H2,1-4H3/b12-9+. The van der Waals surface area contributed by atoms with Gasteiger partial charge in [0, 0.05) is 37.4 Å². The molecule has 0 spiro atoms. The number of carbonyl (C=O) groups excluding carboxylic acids is 1. The summed E-state index contributed by atoms with van der Waals surface area (Å²) < 4.78 is 0. The molecule has 1 heterocycles. The van der Waals surface area contributed by atoms with E-state index in [-0.39, 0.29) is 5.91 Å². The molecular weight excluding hydrogens is 321 g/mol. The Hall–Kier alpha value is -1.52. The van der Waals surface area contributed by atoms with Crippen LogP contribution in [0.2, 0.25) is 10.0 Å². The van der Waals surface area contributed by atoms with Crippen LogP contribution in [0.1, 0.15) is 17.5 Å². The number of halogens is 2. The number of aryl methyl sites for hydroxylation is 2. The molecule has 1 aliphatic rings. The monoisotopic (exact) mass is 339 g/mol. The fraction of sp³-hybridized carbons (Fsp3) is 0.375. The Kier molecular flexibility index (Phi) is 5.14. The van der Waals surface area contributed by atoms with E-state index in [2.05, 4.69) is 5.10 Å². The van der Waals surface area contributed by atoms with Crippen LogP contribution in [-0.2, 0) is 11.2 Å². The van der Waals surface area contributed by atoms with E-state index < -0.39 is 0 Å². The summed E-state index contributed by atoms with van der Waals surface area (Å²) in [5.74, 6) is -0.0814. The van der Waals surface area contributed by atoms with Gasteiger partial charge in [0.15, 0.2) is 0 Å². The smallest absolute Gasteiger partial charge is 0.277 e. The summed E-state index contributed by atoms with van der Waals surface area (Å²) in [4.78, 5) is 13.9. The fourth-order valence-corrected chi connectivity index (χ4v) is 2.79. The van der Waals surface area contributed by atoms with Crippen molar-refractivity contribution in [1.29, 1.82) is 0 Å². The van der Waals surface area contributed by atoms with Gasteiger partial charge in [-0.25, -0.2) is 5.01 Å². The fourth-order valence-electron chi connectivity index (χ4n) is 2.31. The topological polar surface area (TPSA) is 35.9 Å². The third-order valence-electron chi connectivity index (χ3n) is 3.45. The van der Waals surface area contributed by atoms with Crippen molar-refractivity contribution in [2.45, 2.75) is 19.8 Å². The van der Waals surface area contributed by atoms with Crippen molar-refractivity contribution in [1.82, 2.24) is 9.91 Å². The number of benzene rings is 1. The van der Waals surface area contributed by atoms with E-state index in [1.54, 1.807) is 19.3 Å². The predicted molar refractivity (Wildman–Crippen MR) is 91.5 cm³/mol. The molecule has 0 saturated carbocycles. The molecule has 0 saturated heterocycles. The van der Waals surface area contributed by atoms with Crippen molar-refractivity contribution in [3.05, 3.63) is 45.1 Å². The minimum Gasteiger partial charge on any atom is -0.383 e. The first-order chi connectivity index (χ1) is 10.3. The van der Waals surface area contributed by atoms with Crippen LogP contribution in [0.4, 0.5) is 0 Å². The molecule has 0 aliphatic carbocycles. The van der Waals surface area contributed by atoms with Gasteiger partial charge in [0.1, 0.15) is 0 Å². The number of carbonyl (C=O) groups is 1. The summed E-state index contributed by atoms with van der Waals surface area (Å²) in [6.45, 7) is 1.95. The molecule has 6 heteroatoms. The molecule has 1 amide bonds. The average Bonchev–Trinajstić information content (AvgIpc) is 2.69. The molecule has 0 fully saturated rings. The predicted octanol–water partition coefficient (Wildman–Crippen LogP) is 3.51. The Labute approximate surface area is 141 Å². The Bertz CT molecular complexity index is 666. The van der Waals surface area contributed by atoms with Crippen molar-refractivity contribution in [3.8, 4) is 0 Å². The third-order valence-corrected chi connectivity index (χ3v) is 4.21. The number of rotatable bonds is 4. The van der Waals surface area contributed by atoms with Gasteiger partial charge < -0.3 is 4.90 Å². The zero-order valence-corrected chi connectivity index (χ0v) is 14.7. The molecular formula is C16H19Cl2N3O. The molecule has 1 aromatic carbocycles. The Morgan fingerprint density at radius 3 is 2.55 bits per heavy atom. The van der Waals surface area contributed by atoms with Gasteiger partial charge >= 0.3 is 0 Å². The second kappa shape index (κ2) is 6.71. The van der Waals surface area contributed by atoms with E-state index in [9.17, 15) is 4.79 Å². The average molecular weight is 340 g/mol. The maximum Gasteiger partial charge on any atom is 0.277 e. The molecule has 118 valence electrons. The van der Waals surface area contributed by atoms with Gasteiger partial charge in [-0.05, 0) is 37.0 Å². The van der Waals surface area contributed by atoms with E-state index in [1.807, 2.05) is 32.0 Å². The highest BCUT2D eigenvalue weighted by atomic mass is 35.5. The van der Waals surface area contributed by atoms with Gasteiger partial charge in [0.2, 0.25) is 0 Å². The first-order valence-corrected chi connectivity index (χ1v) is 7.74. The molecule has 0 radical (unpaired) electrons. The van der Waals surface area contributed by atoms with Gasteiger partial charge in [-0.15, -0.1) is 0 Å². The zero-order chi connectivity index (χ0) is 16.4. The van der Waals surface area contributed by atoms with Crippen LogP contribution in [0.15, 0.2) is 29.0 Å². The number of amides is 1. The van der Waals surface area contributed by atoms with E-state index in [1.165, 1.54) is 5.01 Å². The minimum absolute atomic E-state index is 0.0814. The number of hydrazone groups is 1. The molecule has 2 rings (SSSR count). The number of hydrogen-bond donors (Lipinski definition) is 0. The molecule has 0 N–H and O–H groups in total. The highest BCUT2D eigenvalue weighted by Crippen LogP contribution is 2.27. The van der Waals surface area contributed by atoms with Gasteiger partial charge in [-0.1, -0.05) is 29.3 Å². The van der Waals surface area contributed by atoms with Crippen LogP contribution >= 0.6 is 23.2 Å². The summed E-state index contributed by atoms with van der Waals surface area (Å²) in [7, 11) is 5.43. The van der Waals surface area contributed by atoms with Crippen molar-refractivity contribution < 1.29 is 4.79 Å². The summed E-state index contributed by atoms with van der Waals surface area (Å²) in [6.07, 6.45) is 3.16. The molecule has 0 atom stereocenters. The van der Waals surface area contributed by atoms with Gasteiger partial charge in [0.25, 0.3) is 5.91 Å². The number of hydrogen-bond acceptors (Lipinski definition) is 3. The Balaban J connectivity index is 2.19. The van der Waals surface area contributed by atoms with Gasteiger partial charge in [-0.2, -0.15) is 5.10 Å². The largest absolute Gasteiger partial charge is 0.383 e. The van der Waals surface area contributed by atoms with Crippen LogP contribution < -0.4 is 0 Å². The Morgan fingerprint density at radius 2 is 1.91 bits per heavy atom. The Morgan fingerprint density at radius 1 is 1.23 bits per heavy atom. The second-order valence-electron chi connectivity index (χ2n) is 5.57. The lowest BCUT2D eigenvalue weighted by molar-refractivity contribution is -0.124. The van der Waals surface area contributed by atoms with Crippen LogP contribution in [0.5, 0.6) is 0 Å². The maximum atomic E-state index is 12.1. The molecule has 4 nitrogen and oxygen atoms in total. The normalized spacial score (nSPS) is 16.5. The third kappa shape index (κ3) is 3.62. The SMILES string of the molecule is Cc1cc(CCC2=NN(C)C(=O)/C2=C/N(C)C)c(Cl)cc1Cl. The molecule has 22 heavy (non-hydrogen) atoms. The summed E-state index contributed by atoms with van der Waals surface area (Å²) in [5, 5.41) is 7.01. The lowest BCUT2D eigenvalue weighted by atomic mass is 10.0. The first kappa shape index (κ1) is 16.8. The molecule has 0 aromatic heterocycles.